The fourth-order valence-corrected chi connectivity index (χ4v) is 2.55. The number of nitrogens with one attached hydrogen (secondary N) is 1. The van der Waals surface area contributed by atoms with Gasteiger partial charge in [-0.15, -0.1) is 5.10 Å². The monoisotopic (exact) mass is 289 g/mol. The number of carbonyl (C=O) groups is 1. The molecule has 1 amide bonds. The van der Waals surface area contributed by atoms with E-state index in [0.717, 1.165) is 31.5 Å². The maximum absolute atomic E-state index is 12.3. The lowest BCUT2D eigenvalue weighted by atomic mass is 10.1. The number of nitrogens with zero attached hydrogens (tertiary/aromatic N) is 4. The van der Waals surface area contributed by atoms with Crippen LogP contribution in [0, 0.1) is 0 Å². The molecule has 0 spiro atoms. The minimum atomic E-state index is -0.128. The maximum Gasteiger partial charge on any atom is 0.276 e. The van der Waals surface area contributed by atoms with E-state index in [0.29, 0.717) is 18.3 Å². The van der Waals surface area contributed by atoms with Gasteiger partial charge in [0, 0.05) is 19.2 Å². The van der Waals surface area contributed by atoms with Gasteiger partial charge in [-0.05, 0) is 32.0 Å². The first-order valence-electron chi connectivity index (χ1n) is 7.13. The smallest absolute Gasteiger partial charge is 0.276 e. The number of hydrogen-bond donors (Lipinski definition) is 1. The molecule has 1 saturated heterocycles. The Bertz CT molecular complexity index is 586. The molecule has 7 nitrogen and oxygen atoms in total. The average Bonchev–Trinajstić information content (AvgIpc) is 3.18. The Morgan fingerprint density at radius 2 is 2.33 bits per heavy atom. The molecule has 0 aliphatic carbocycles. The van der Waals surface area contributed by atoms with E-state index in [1.165, 1.54) is 0 Å². The molecule has 0 atom stereocenters. The minimum absolute atomic E-state index is 0.128. The SMILES string of the molecule is CN(Cc1ccoc1)C(=O)c1cn(C2CCNCC2)nn1. The first-order chi connectivity index (χ1) is 10.2. The van der Waals surface area contributed by atoms with E-state index in [9.17, 15) is 4.79 Å². The van der Waals surface area contributed by atoms with Crippen molar-refractivity contribution in [3.8, 4) is 0 Å². The van der Waals surface area contributed by atoms with Gasteiger partial charge >= 0.3 is 0 Å². The highest BCUT2D eigenvalue weighted by atomic mass is 16.3. The molecule has 3 heterocycles. The van der Waals surface area contributed by atoms with Gasteiger partial charge in [-0.1, -0.05) is 5.21 Å². The molecule has 1 aliphatic rings. The largest absolute Gasteiger partial charge is 0.472 e. The molecule has 0 saturated carbocycles. The van der Waals surface area contributed by atoms with Gasteiger partial charge in [0.1, 0.15) is 0 Å². The molecule has 2 aromatic rings. The standard InChI is InChI=1S/C14H19N5O2/c1-18(8-11-4-7-21-10-11)14(20)13-9-19(17-16-13)12-2-5-15-6-3-12/h4,7,9-10,12,15H,2-3,5-6,8H2,1H3. The fourth-order valence-electron chi connectivity index (χ4n) is 2.55. The quantitative estimate of drug-likeness (QED) is 0.911. The number of carbonyl (C=O) groups excluding carboxylic acids is 1. The number of rotatable bonds is 4. The van der Waals surface area contributed by atoms with Gasteiger partial charge in [-0.25, -0.2) is 4.68 Å². The molecule has 21 heavy (non-hydrogen) atoms. The lowest BCUT2D eigenvalue weighted by Gasteiger charge is -2.22. The van der Waals surface area contributed by atoms with E-state index < -0.39 is 0 Å². The van der Waals surface area contributed by atoms with Gasteiger partial charge in [0.25, 0.3) is 5.91 Å². The van der Waals surface area contributed by atoms with Crippen molar-refractivity contribution in [1.29, 1.82) is 0 Å². The molecule has 7 heteroatoms. The molecular formula is C14H19N5O2. The summed E-state index contributed by atoms with van der Waals surface area (Å²) in [5.74, 6) is -0.128. The normalized spacial score (nSPS) is 16.0. The van der Waals surface area contributed by atoms with Crippen LogP contribution in [0.5, 0.6) is 0 Å². The van der Waals surface area contributed by atoms with Gasteiger partial charge in [0.15, 0.2) is 5.69 Å². The molecule has 0 unspecified atom stereocenters. The number of amides is 1. The molecule has 0 bridgehead atoms. The van der Waals surface area contributed by atoms with Crippen LogP contribution in [0.2, 0.25) is 0 Å². The summed E-state index contributed by atoms with van der Waals surface area (Å²) in [5, 5.41) is 11.4. The van der Waals surface area contributed by atoms with Crippen molar-refractivity contribution in [2.45, 2.75) is 25.4 Å². The van der Waals surface area contributed by atoms with Crippen molar-refractivity contribution in [3.63, 3.8) is 0 Å². The van der Waals surface area contributed by atoms with Crippen LogP contribution < -0.4 is 5.32 Å². The summed E-state index contributed by atoms with van der Waals surface area (Å²) in [5.41, 5.74) is 1.34. The summed E-state index contributed by atoms with van der Waals surface area (Å²) in [6.07, 6.45) is 7.02. The highest BCUT2D eigenvalue weighted by Crippen LogP contribution is 2.17. The summed E-state index contributed by atoms with van der Waals surface area (Å²) < 4.78 is 6.83. The second-order valence-corrected chi connectivity index (χ2v) is 5.36. The Balaban J connectivity index is 1.65. The van der Waals surface area contributed by atoms with E-state index in [4.69, 9.17) is 4.42 Å². The molecule has 2 aromatic heterocycles. The first kappa shape index (κ1) is 13.8. The minimum Gasteiger partial charge on any atom is -0.472 e. The second kappa shape index (κ2) is 6.09. The van der Waals surface area contributed by atoms with Crippen LogP contribution in [0.3, 0.4) is 0 Å². The van der Waals surface area contributed by atoms with Gasteiger partial charge < -0.3 is 14.6 Å². The van der Waals surface area contributed by atoms with Crippen LogP contribution in [0.15, 0.2) is 29.2 Å². The zero-order chi connectivity index (χ0) is 14.7. The Labute approximate surface area is 122 Å². The molecule has 1 fully saturated rings. The Kier molecular flexibility index (Phi) is 4.01. The van der Waals surface area contributed by atoms with E-state index >= 15 is 0 Å². The Morgan fingerprint density at radius 3 is 3.05 bits per heavy atom. The van der Waals surface area contributed by atoms with E-state index in [2.05, 4.69) is 15.6 Å². The number of hydrogen-bond acceptors (Lipinski definition) is 5. The van der Waals surface area contributed by atoms with E-state index in [1.807, 2.05) is 10.7 Å². The Morgan fingerprint density at radius 1 is 1.52 bits per heavy atom. The lowest BCUT2D eigenvalue weighted by molar-refractivity contribution is 0.0779. The maximum atomic E-state index is 12.3. The molecule has 3 rings (SSSR count). The van der Waals surface area contributed by atoms with E-state index in [-0.39, 0.29) is 5.91 Å². The highest BCUT2D eigenvalue weighted by molar-refractivity contribution is 5.91. The van der Waals surface area contributed by atoms with Crippen LogP contribution in [0.1, 0.15) is 34.9 Å². The third-order valence-electron chi connectivity index (χ3n) is 3.76. The number of piperidine rings is 1. The summed E-state index contributed by atoms with van der Waals surface area (Å²) >= 11 is 0. The van der Waals surface area contributed by atoms with Crippen LogP contribution in [0.4, 0.5) is 0 Å². The predicted molar refractivity (Wildman–Crippen MR) is 75.7 cm³/mol. The number of aromatic nitrogens is 3. The van der Waals surface area contributed by atoms with Gasteiger partial charge in [0.05, 0.1) is 24.8 Å². The molecule has 0 aromatic carbocycles. The third-order valence-corrected chi connectivity index (χ3v) is 3.76. The summed E-state index contributed by atoms with van der Waals surface area (Å²) in [6, 6.07) is 2.18. The summed E-state index contributed by atoms with van der Waals surface area (Å²) in [7, 11) is 1.75. The van der Waals surface area contributed by atoms with Crippen molar-refractivity contribution in [2.24, 2.45) is 0 Å². The summed E-state index contributed by atoms with van der Waals surface area (Å²) in [4.78, 5) is 13.9. The third kappa shape index (κ3) is 3.13. The zero-order valence-corrected chi connectivity index (χ0v) is 12.0. The topological polar surface area (TPSA) is 76.2 Å². The van der Waals surface area contributed by atoms with Crippen LogP contribution >= 0.6 is 0 Å². The van der Waals surface area contributed by atoms with Crippen LogP contribution in [-0.2, 0) is 6.54 Å². The Hall–Kier alpha value is -2.15. The first-order valence-corrected chi connectivity index (χ1v) is 7.13. The molecular weight excluding hydrogens is 270 g/mol. The highest BCUT2D eigenvalue weighted by Gasteiger charge is 2.20. The van der Waals surface area contributed by atoms with Crippen LogP contribution in [-0.4, -0.2) is 45.9 Å². The van der Waals surface area contributed by atoms with Gasteiger partial charge in [0.2, 0.25) is 0 Å². The van der Waals surface area contributed by atoms with Crippen molar-refractivity contribution < 1.29 is 9.21 Å². The summed E-state index contributed by atoms with van der Waals surface area (Å²) in [6.45, 7) is 2.46. The van der Waals surface area contributed by atoms with Crippen molar-refractivity contribution in [1.82, 2.24) is 25.2 Å². The van der Waals surface area contributed by atoms with E-state index in [1.54, 1.807) is 30.7 Å². The molecule has 1 N–H and O–H groups in total. The molecule has 1 aliphatic heterocycles. The van der Waals surface area contributed by atoms with Crippen molar-refractivity contribution >= 4 is 5.91 Å². The van der Waals surface area contributed by atoms with Crippen molar-refractivity contribution in [3.05, 3.63) is 36.0 Å². The van der Waals surface area contributed by atoms with Crippen molar-refractivity contribution in [2.75, 3.05) is 20.1 Å². The van der Waals surface area contributed by atoms with Gasteiger partial charge in [-0.2, -0.15) is 0 Å². The molecule has 112 valence electrons. The van der Waals surface area contributed by atoms with Crippen LogP contribution in [0.25, 0.3) is 0 Å². The lowest BCUT2D eigenvalue weighted by Crippen LogP contribution is -2.29. The fraction of sp³-hybridized carbons (Fsp3) is 0.500. The number of furan rings is 1. The second-order valence-electron chi connectivity index (χ2n) is 5.36. The zero-order valence-electron chi connectivity index (χ0n) is 12.0. The molecule has 0 radical (unpaired) electrons. The van der Waals surface area contributed by atoms with Gasteiger partial charge in [-0.3, -0.25) is 4.79 Å². The average molecular weight is 289 g/mol. The predicted octanol–water partition coefficient (Wildman–Crippen LogP) is 1.07.